The number of hydrogen-bond donors (Lipinski definition) is 1. The second-order valence-electron chi connectivity index (χ2n) is 6.93. The summed E-state index contributed by atoms with van der Waals surface area (Å²) >= 11 is 1.70. The van der Waals surface area contributed by atoms with E-state index in [2.05, 4.69) is 10.3 Å². The molecule has 0 aromatic carbocycles. The van der Waals surface area contributed by atoms with E-state index in [-0.39, 0.29) is 11.2 Å². The minimum atomic E-state index is 0.0985. The van der Waals surface area contributed by atoms with Crippen LogP contribution in [0.25, 0.3) is 0 Å². The van der Waals surface area contributed by atoms with Crippen molar-refractivity contribution in [3.8, 4) is 0 Å². The standard InChI is InChI=1S/C17H28N2OS/c20-16-15(12-13-8-4-3-5-9-13)21-17(19-16)18-14-10-6-1-2-7-11-14/h13-15H,1-12H2,(H,18,19,20)/t15-/m0/s1. The molecular formula is C17H28N2OS. The Kier molecular flexibility index (Phi) is 5.61. The van der Waals surface area contributed by atoms with E-state index < -0.39 is 0 Å². The summed E-state index contributed by atoms with van der Waals surface area (Å²) in [5.74, 6) is 0.870. The summed E-state index contributed by atoms with van der Waals surface area (Å²) < 4.78 is 0. The van der Waals surface area contributed by atoms with Gasteiger partial charge < -0.3 is 5.32 Å². The monoisotopic (exact) mass is 308 g/mol. The molecule has 0 saturated heterocycles. The van der Waals surface area contributed by atoms with Crippen LogP contribution in [0.15, 0.2) is 4.99 Å². The summed E-state index contributed by atoms with van der Waals surface area (Å²) in [6.07, 6.45) is 15.6. The molecule has 118 valence electrons. The molecular weight excluding hydrogens is 280 g/mol. The molecule has 1 amide bonds. The molecule has 1 N–H and O–H groups in total. The van der Waals surface area contributed by atoms with Crippen molar-refractivity contribution in [3.05, 3.63) is 0 Å². The SMILES string of the molecule is O=C1N=C(NC2CCCCCC2)S[C@H]1CC1CCCCC1. The van der Waals surface area contributed by atoms with Crippen molar-refractivity contribution >= 4 is 22.8 Å². The van der Waals surface area contributed by atoms with Crippen LogP contribution in [0.4, 0.5) is 0 Å². The van der Waals surface area contributed by atoms with Crippen molar-refractivity contribution in [1.82, 2.24) is 5.32 Å². The zero-order valence-corrected chi connectivity index (χ0v) is 13.8. The third kappa shape index (κ3) is 4.48. The average molecular weight is 308 g/mol. The smallest absolute Gasteiger partial charge is 0.261 e. The summed E-state index contributed by atoms with van der Waals surface area (Å²) in [5, 5.41) is 4.56. The molecule has 0 unspecified atom stereocenters. The molecule has 1 heterocycles. The molecule has 1 aliphatic heterocycles. The number of aliphatic imine (C=N–C) groups is 1. The van der Waals surface area contributed by atoms with E-state index in [0.29, 0.717) is 6.04 Å². The van der Waals surface area contributed by atoms with Gasteiger partial charge in [-0.05, 0) is 25.2 Å². The van der Waals surface area contributed by atoms with Crippen LogP contribution >= 0.6 is 11.8 Å². The number of amides is 1. The molecule has 2 saturated carbocycles. The van der Waals surface area contributed by atoms with E-state index in [1.807, 2.05) is 0 Å². The molecule has 0 spiro atoms. The normalized spacial score (nSPS) is 29.2. The lowest BCUT2D eigenvalue weighted by atomic mass is 9.86. The van der Waals surface area contributed by atoms with Gasteiger partial charge in [-0.25, -0.2) is 0 Å². The van der Waals surface area contributed by atoms with Crippen LogP contribution < -0.4 is 5.32 Å². The topological polar surface area (TPSA) is 41.5 Å². The highest BCUT2D eigenvalue weighted by Crippen LogP contribution is 2.34. The van der Waals surface area contributed by atoms with Gasteiger partial charge in [0.1, 0.15) is 0 Å². The van der Waals surface area contributed by atoms with Crippen LogP contribution in [-0.4, -0.2) is 22.4 Å². The summed E-state index contributed by atoms with van der Waals surface area (Å²) in [6, 6.07) is 0.542. The number of nitrogens with one attached hydrogen (secondary N) is 1. The number of carbonyl (C=O) groups excluding carboxylic acids is 1. The van der Waals surface area contributed by atoms with Gasteiger partial charge in [-0.2, -0.15) is 4.99 Å². The van der Waals surface area contributed by atoms with Crippen LogP contribution in [0.2, 0.25) is 0 Å². The first-order valence-electron chi connectivity index (χ1n) is 8.87. The third-order valence-electron chi connectivity index (χ3n) is 5.20. The van der Waals surface area contributed by atoms with Crippen LogP contribution in [-0.2, 0) is 4.79 Å². The molecule has 2 aliphatic carbocycles. The summed E-state index contributed by atoms with van der Waals surface area (Å²) in [6.45, 7) is 0. The Morgan fingerprint density at radius 3 is 2.29 bits per heavy atom. The Morgan fingerprint density at radius 1 is 0.952 bits per heavy atom. The van der Waals surface area contributed by atoms with Gasteiger partial charge in [0, 0.05) is 6.04 Å². The quantitative estimate of drug-likeness (QED) is 0.792. The van der Waals surface area contributed by atoms with E-state index >= 15 is 0 Å². The summed E-state index contributed by atoms with van der Waals surface area (Å²) in [4.78, 5) is 16.4. The van der Waals surface area contributed by atoms with E-state index in [1.54, 1.807) is 11.8 Å². The fourth-order valence-electron chi connectivity index (χ4n) is 3.92. The number of thioether (sulfide) groups is 1. The molecule has 0 radical (unpaired) electrons. The molecule has 0 aromatic heterocycles. The Balaban J connectivity index is 1.47. The molecule has 21 heavy (non-hydrogen) atoms. The molecule has 3 aliphatic rings. The molecule has 3 rings (SSSR count). The summed E-state index contributed by atoms with van der Waals surface area (Å²) in [7, 11) is 0. The van der Waals surface area contributed by atoms with Crippen LogP contribution in [0.1, 0.15) is 77.0 Å². The first-order valence-corrected chi connectivity index (χ1v) is 9.75. The van der Waals surface area contributed by atoms with Gasteiger partial charge in [-0.15, -0.1) is 0 Å². The van der Waals surface area contributed by atoms with Crippen molar-refractivity contribution in [1.29, 1.82) is 0 Å². The van der Waals surface area contributed by atoms with Gasteiger partial charge in [0.25, 0.3) is 5.91 Å². The second-order valence-corrected chi connectivity index (χ2v) is 8.13. The van der Waals surface area contributed by atoms with Crippen molar-refractivity contribution in [2.24, 2.45) is 10.9 Å². The minimum absolute atomic E-state index is 0.0985. The van der Waals surface area contributed by atoms with Crippen molar-refractivity contribution < 1.29 is 4.79 Å². The van der Waals surface area contributed by atoms with Gasteiger partial charge >= 0.3 is 0 Å². The largest absolute Gasteiger partial charge is 0.362 e. The van der Waals surface area contributed by atoms with Crippen molar-refractivity contribution in [2.45, 2.75) is 88.3 Å². The predicted octanol–water partition coefficient (Wildman–Crippen LogP) is 4.27. The highest BCUT2D eigenvalue weighted by atomic mass is 32.2. The van der Waals surface area contributed by atoms with Crippen LogP contribution in [0.3, 0.4) is 0 Å². The van der Waals surface area contributed by atoms with Gasteiger partial charge in [0.05, 0.1) is 5.25 Å². The highest BCUT2D eigenvalue weighted by molar-refractivity contribution is 8.15. The molecule has 2 fully saturated rings. The number of hydrogen-bond acceptors (Lipinski definition) is 3. The fraction of sp³-hybridized carbons (Fsp3) is 0.882. The number of amidine groups is 1. The maximum atomic E-state index is 12.1. The van der Waals surface area contributed by atoms with Crippen LogP contribution in [0, 0.1) is 5.92 Å². The first-order chi connectivity index (χ1) is 10.3. The first kappa shape index (κ1) is 15.4. The Bertz CT molecular complexity index is 382. The van der Waals surface area contributed by atoms with Crippen molar-refractivity contribution in [2.75, 3.05) is 0 Å². The number of nitrogens with zero attached hydrogens (tertiary/aromatic N) is 1. The van der Waals surface area contributed by atoms with Gasteiger partial charge in [-0.3, -0.25) is 4.79 Å². The van der Waals surface area contributed by atoms with Crippen molar-refractivity contribution in [3.63, 3.8) is 0 Å². The fourth-order valence-corrected chi connectivity index (χ4v) is 5.09. The van der Waals surface area contributed by atoms with Gasteiger partial charge in [0.2, 0.25) is 0 Å². The second kappa shape index (κ2) is 7.66. The number of carbonyl (C=O) groups is 1. The van der Waals surface area contributed by atoms with Gasteiger partial charge in [0.15, 0.2) is 5.17 Å². The molecule has 3 nitrogen and oxygen atoms in total. The molecule has 0 aromatic rings. The Morgan fingerprint density at radius 2 is 1.57 bits per heavy atom. The average Bonchev–Trinajstić information content (AvgIpc) is 2.68. The maximum absolute atomic E-state index is 12.1. The zero-order valence-electron chi connectivity index (χ0n) is 13.0. The summed E-state index contributed by atoms with van der Waals surface area (Å²) in [5.41, 5.74) is 0. The van der Waals surface area contributed by atoms with E-state index in [9.17, 15) is 4.79 Å². The lowest BCUT2D eigenvalue weighted by molar-refractivity contribution is -0.117. The third-order valence-corrected chi connectivity index (χ3v) is 6.31. The molecule has 1 atom stereocenters. The zero-order chi connectivity index (χ0) is 14.5. The van der Waals surface area contributed by atoms with E-state index in [4.69, 9.17) is 0 Å². The van der Waals surface area contributed by atoms with Crippen LogP contribution in [0.5, 0.6) is 0 Å². The molecule has 4 heteroatoms. The number of rotatable bonds is 3. The Hall–Kier alpha value is -0.510. The Labute approximate surface area is 132 Å². The van der Waals surface area contributed by atoms with E-state index in [0.717, 1.165) is 17.5 Å². The molecule has 0 bridgehead atoms. The predicted molar refractivity (Wildman–Crippen MR) is 89.6 cm³/mol. The van der Waals surface area contributed by atoms with E-state index in [1.165, 1.54) is 70.6 Å². The highest BCUT2D eigenvalue weighted by Gasteiger charge is 2.32. The maximum Gasteiger partial charge on any atom is 0.261 e. The lowest BCUT2D eigenvalue weighted by Gasteiger charge is -2.23. The van der Waals surface area contributed by atoms with Gasteiger partial charge in [-0.1, -0.05) is 69.5 Å². The lowest BCUT2D eigenvalue weighted by Crippen LogP contribution is -2.32. The minimum Gasteiger partial charge on any atom is -0.362 e.